The molecular formula is C5H6N2O2. The van der Waals surface area contributed by atoms with Gasteiger partial charge in [0.1, 0.15) is 5.70 Å². The molecule has 0 aromatic carbocycles. The Bertz CT molecular complexity index is 195. The van der Waals surface area contributed by atoms with Gasteiger partial charge in [-0.15, -0.1) is 0 Å². The minimum absolute atomic E-state index is 0.319. The van der Waals surface area contributed by atoms with E-state index in [2.05, 4.69) is 10.6 Å². The lowest BCUT2D eigenvalue weighted by atomic mass is 10.4. The molecule has 0 unspecified atom stereocenters. The highest BCUT2D eigenvalue weighted by Crippen LogP contribution is 1.94. The quantitative estimate of drug-likeness (QED) is 0.346. The van der Waals surface area contributed by atoms with Crippen molar-refractivity contribution in [2.24, 2.45) is 0 Å². The van der Waals surface area contributed by atoms with Gasteiger partial charge < -0.3 is 5.32 Å². The molecule has 3 amide bonds. The first kappa shape index (κ1) is 5.81. The third-order valence-corrected chi connectivity index (χ3v) is 1.01. The van der Waals surface area contributed by atoms with E-state index < -0.39 is 6.03 Å². The number of carbonyl (C=O) groups excluding carboxylic acids is 2. The van der Waals surface area contributed by atoms with Crippen LogP contribution in [-0.4, -0.2) is 11.9 Å². The Morgan fingerprint density at radius 1 is 1.33 bits per heavy atom. The first-order chi connectivity index (χ1) is 4.24. The topological polar surface area (TPSA) is 58.2 Å². The maximum absolute atomic E-state index is 10.6. The molecule has 2 N–H and O–H groups in total. The minimum atomic E-state index is -0.451. The summed E-state index contributed by atoms with van der Waals surface area (Å²) < 4.78 is 0. The highest BCUT2D eigenvalue weighted by Gasteiger charge is 2.21. The number of carbonyl (C=O) groups is 2. The zero-order valence-corrected chi connectivity index (χ0v) is 4.89. The zero-order valence-electron chi connectivity index (χ0n) is 4.89. The fraction of sp³-hybridized carbons (Fsp3) is 0.200. The maximum Gasteiger partial charge on any atom is 0.326 e. The van der Waals surface area contributed by atoms with Gasteiger partial charge in [0.05, 0.1) is 0 Å². The molecule has 1 aliphatic heterocycles. The highest BCUT2D eigenvalue weighted by molar-refractivity contribution is 6.11. The SMILES string of the molecule is C/C=C1\NC(=O)NC1=O. The second-order valence-corrected chi connectivity index (χ2v) is 1.61. The zero-order chi connectivity index (χ0) is 6.85. The molecule has 0 radical (unpaired) electrons. The van der Waals surface area contributed by atoms with Crippen LogP contribution in [-0.2, 0) is 4.79 Å². The third-order valence-electron chi connectivity index (χ3n) is 1.01. The summed E-state index contributed by atoms with van der Waals surface area (Å²) >= 11 is 0. The molecule has 9 heavy (non-hydrogen) atoms. The minimum Gasteiger partial charge on any atom is -0.303 e. The van der Waals surface area contributed by atoms with Crippen LogP contribution in [0.15, 0.2) is 11.8 Å². The molecule has 1 saturated heterocycles. The first-order valence-corrected chi connectivity index (χ1v) is 2.52. The number of amides is 3. The van der Waals surface area contributed by atoms with Gasteiger partial charge in [0.25, 0.3) is 5.91 Å². The number of rotatable bonds is 0. The number of urea groups is 1. The van der Waals surface area contributed by atoms with Crippen LogP contribution >= 0.6 is 0 Å². The van der Waals surface area contributed by atoms with Crippen molar-refractivity contribution in [1.82, 2.24) is 10.6 Å². The van der Waals surface area contributed by atoms with Crippen molar-refractivity contribution in [2.45, 2.75) is 6.92 Å². The second-order valence-electron chi connectivity index (χ2n) is 1.61. The van der Waals surface area contributed by atoms with Crippen molar-refractivity contribution in [3.63, 3.8) is 0 Å². The van der Waals surface area contributed by atoms with Crippen LogP contribution in [0.2, 0.25) is 0 Å². The Morgan fingerprint density at radius 3 is 2.22 bits per heavy atom. The van der Waals surface area contributed by atoms with Crippen molar-refractivity contribution in [2.75, 3.05) is 0 Å². The van der Waals surface area contributed by atoms with Crippen LogP contribution in [0.3, 0.4) is 0 Å². The molecule has 48 valence electrons. The number of hydrogen-bond donors (Lipinski definition) is 2. The standard InChI is InChI=1S/C5H6N2O2/c1-2-3-4(8)7-5(9)6-3/h2H,1H3,(H2,6,7,8,9)/b3-2-. The van der Waals surface area contributed by atoms with Crippen molar-refractivity contribution >= 4 is 11.9 Å². The average molecular weight is 126 g/mol. The lowest BCUT2D eigenvalue weighted by Gasteiger charge is -1.85. The molecule has 0 atom stereocenters. The molecule has 1 rings (SSSR count). The van der Waals surface area contributed by atoms with Gasteiger partial charge in [-0.2, -0.15) is 0 Å². The summed E-state index contributed by atoms with van der Waals surface area (Å²) in [7, 11) is 0. The molecule has 4 nitrogen and oxygen atoms in total. The summed E-state index contributed by atoms with van der Waals surface area (Å²) in [5.41, 5.74) is 0.319. The van der Waals surface area contributed by atoms with Gasteiger partial charge >= 0.3 is 6.03 Å². The fourth-order valence-electron chi connectivity index (χ4n) is 0.584. The molecule has 0 saturated carbocycles. The molecule has 0 aliphatic carbocycles. The summed E-state index contributed by atoms with van der Waals surface area (Å²) in [4.78, 5) is 20.9. The highest BCUT2D eigenvalue weighted by atomic mass is 16.2. The van der Waals surface area contributed by atoms with Gasteiger partial charge in [0.2, 0.25) is 0 Å². The van der Waals surface area contributed by atoms with Gasteiger partial charge in [-0.25, -0.2) is 4.79 Å². The molecule has 1 heterocycles. The smallest absolute Gasteiger partial charge is 0.303 e. The summed E-state index contributed by atoms with van der Waals surface area (Å²) in [6, 6.07) is -0.451. The first-order valence-electron chi connectivity index (χ1n) is 2.52. The third kappa shape index (κ3) is 0.910. The largest absolute Gasteiger partial charge is 0.326 e. The van der Waals surface area contributed by atoms with E-state index in [0.717, 1.165) is 0 Å². The molecule has 0 bridgehead atoms. The summed E-state index contributed by atoms with van der Waals surface area (Å²) in [5, 5.41) is 4.38. The number of hydrogen-bond acceptors (Lipinski definition) is 2. The number of imide groups is 1. The Balaban J connectivity index is 2.81. The summed E-state index contributed by atoms with van der Waals surface area (Å²) in [6.45, 7) is 1.68. The van der Waals surface area contributed by atoms with Gasteiger partial charge in [-0.1, -0.05) is 6.08 Å². The Kier molecular flexibility index (Phi) is 1.22. The molecular weight excluding hydrogens is 120 g/mol. The number of allylic oxidation sites excluding steroid dienone is 1. The normalized spacial score (nSPS) is 22.1. The van der Waals surface area contributed by atoms with E-state index >= 15 is 0 Å². The van der Waals surface area contributed by atoms with Crippen LogP contribution in [0.1, 0.15) is 6.92 Å². The molecule has 1 aliphatic rings. The van der Waals surface area contributed by atoms with E-state index in [0.29, 0.717) is 5.70 Å². The number of nitrogens with one attached hydrogen (secondary N) is 2. The monoisotopic (exact) mass is 126 g/mol. The molecule has 0 spiro atoms. The van der Waals surface area contributed by atoms with Crippen LogP contribution in [0.4, 0.5) is 4.79 Å². The van der Waals surface area contributed by atoms with E-state index in [1.165, 1.54) is 0 Å². The Morgan fingerprint density at radius 2 is 2.00 bits per heavy atom. The van der Waals surface area contributed by atoms with Crippen LogP contribution in [0.25, 0.3) is 0 Å². The lowest BCUT2D eigenvalue weighted by Crippen LogP contribution is -2.22. The van der Waals surface area contributed by atoms with E-state index in [-0.39, 0.29) is 5.91 Å². The second kappa shape index (κ2) is 1.89. The van der Waals surface area contributed by atoms with Crippen LogP contribution in [0.5, 0.6) is 0 Å². The van der Waals surface area contributed by atoms with Crippen LogP contribution < -0.4 is 10.6 Å². The molecule has 1 fully saturated rings. The lowest BCUT2D eigenvalue weighted by molar-refractivity contribution is -0.115. The summed E-state index contributed by atoms with van der Waals surface area (Å²) in [6.07, 6.45) is 1.54. The Labute approximate surface area is 51.9 Å². The van der Waals surface area contributed by atoms with Crippen molar-refractivity contribution in [1.29, 1.82) is 0 Å². The van der Waals surface area contributed by atoms with E-state index in [4.69, 9.17) is 0 Å². The van der Waals surface area contributed by atoms with Gasteiger partial charge in [0, 0.05) is 0 Å². The molecule has 0 aromatic rings. The molecule has 0 aromatic heterocycles. The van der Waals surface area contributed by atoms with Crippen molar-refractivity contribution < 1.29 is 9.59 Å². The molecule has 4 heteroatoms. The van der Waals surface area contributed by atoms with E-state index in [1.807, 2.05) is 0 Å². The van der Waals surface area contributed by atoms with Crippen molar-refractivity contribution in [3.8, 4) is 0 Å². The van der Waals surface area contributed by atoms with Crippen molar-refractivity contribution in [3.05, 3.63) is 11.8 Å². The maximum atomic E-state index is 10.6. The van der Waals surface area contributed by atoms with Gasteiger partial charge in [-0.05, 0) is 6.92 Å². The Hall–Kier alpha value is -1.32. The van der Waals surface area contributed by atoms with E-state index in [9.17, 15) is 9.59 Å². The summed E-state index contributed by atoms with van der Waals surface area (Å²) in [5.74, 6) is -0.359. The van der Waals surface area contributed by atoms with E-state index in [1.54, 1.807) is 13.0 Å². The van der Waals surface area contributed by atoms with Gasteiger partial charge in [-0.3, -0.25) is 10.1 Å². The predicted molar refractivity (Wildman–Crippen MR) is 30.4 cm³/mol. The van der Waals surface area contributed by atoms with Gasteiger partial charge in [0.15, 0.2) is 0 Å². The average Bonchev–Trinajstić information content (AvgIpc) is 2.10. The predicted octanol–water partition coefficient (Wildman–Crippen LogP) is -0.270. The fourth-order valence-corrected chi connectivity index (χ4v) is 0.584. The van der Waals surface area contributed by atoms with Crippen LogP contribution in [0, 0.1) is 0 Å².